The number of hydrogen-bond donors (Lipinski definition) is 1. The second-order valence-electron chi connectivity index (χ2n) is 3.65. The summed E-state index contributed by atoms with van der Waals surface area (Å²) in [5.74, 6) is 1.61. The number of rotatable bonds is 4. The van der Waals surface area contributed by atoms with Crippen LogP contribution in [0.5, 0.6) is 0 Å². The van der Waals surface area contributed by atoms with E-state index in [1.807, 2.05) is 7.05 Å². The summed E-state index contributed by atoms with van der Waals surface area (Å²) in [4.78, 5) is 0. The summed E-state index contributed by atoms with van der Waals surface area (Å²) in [6.07, 6.45) is 2.87. The fourth-order valence-electron chi connectivity index (χ4n) is 1.35. The highest BCUT2D eigenvalue weighted by Gasteiger charge is 2.11. The third-order valence-electron chi connectivity index (χ3n) is 2.29. The van der Waals surface area contributed by atoms with Crippen molar-refractivity contribution in [3.05, 3.63) is 6.20 Å². The largest absolute Gasteiger partial charge is 0.366 e. The Morgan fingerprint density at radius 2 is 2.23 bits per heavy atom. The molecule has 1 aromatic rings. The van der Waals surface area contributed by atoms with Crippen LogP contribution in [0.4, 0.5) is 5.82 Å². The molecule has 0 radical (unpaired) electrons. The van der Waals surface area contributed by atoms with Gasteiger partial charge in [0.1, 0.15) is 5.82 Å². The van der Waals surface area contributed by atoms with Crippen molar-refractivity contribution in [2.75, 3.05) is 5.32 Å². The van der Waals surface area contributed by atoms with E-state index in [9.17, 15) is 0 Å². The van der Waals surface area contributed by atoms with Crippen LogP contribution in [0.25, 0.3) is 0 Å². The topological polar surface area (TPSA) is 42.7 Å². The molecule has 0 aliphatic heterocycles. The Morgan fingerprint density at radius 1 is 1.54 bits per heavy atom. The number of aromatic nitrogens is 3. The molecule has 0 aromatic carbocycles. The van der Waals surface area contributed by atoms with Crippen LogP contribution in [-0.4, -0.2) is 21.0 Å². The molecule has 1 rings (SSSR count). The Balaban J connectivity index is 2.62. The van der Waals surface area contributed by atoms with E-state index in [0.717, 1.165) is 12.2 Å². The molecule has 0 aliphatic carbocycles. The first-order chi connectivity index (χ1) is 6.15. The van der Waals surface area contributed by atoms with Gasteiger partial charge >= 0.3 is 0 Å². The van der Waals surface area contributed by atoms with Gasteiger partial charge in [0.05, 0.1) is 6.20 Å². The van der Waals surface area contributed by atoms with Crippen LogP contribution in [0, 0.1) is 5.92 Å². The summed E-state index contributed by atoms with van der Waals surface area (Å²) < 4.78 is 1.76. The fraction of sp³-hybridized carbons (Fsp3) is 0.778. The van der Waals surface area contributed by atoms with Crippen LogP contribution in [-0.2, 0) is 7.05 Å². The standard InChI is InChI=1S/C9H18N4/c1-5-8(7(2)3)11-9-6-10-12-13(9)4/h6-8,11H,5H2,1-4H3. The summed E-state index contributed by atoms with van der Waals surface area (Å²) in [5, 5.41) is 11.1. The van der Waals surface area contributed by atoms with Gasteiger partial charge in [-0.1, -0.05) is 26.0 Å². The molecule has 0 fully saturated rings. The van der Waals surface area contributed by atoms with E-state index in [2.05, 4.69) is 36.4 Å². The molecule has 0 amide bonds. The lowest BCUT2D eigenvalue weighted by Gasteiger charge is -2.21. The Hall–Kier alpha value is -1.06. The predicted molar refractivity (Wildman–Crippen MR) is 53.5 cm³/mol. The molecule has 0 aliphatic rings. The maximum Gasteiger partial charge on any atom is 0.144 e. The smallest absolute Gasteiger partial charge is 0.144 e. The highest BCUT2D eigenvalue weighted by molar-refractivity contribution is 5.32. The predicted octanol–water partition coefficient (Wildman–Crippen LogP) is 1.66. The lowest BCUT2D eigenvalue weighted by atomic mass is 10.0. The number of nitrogens with one attached hydrogen (secondary N) is 1. The Bertz CT molecular complexity index is 254. The summed E-state index contributed by atoms with van der Waals surface area (Å²) in [6.45, 7) is 6.61. The van der Waals surface area contributed by atoms with E-state index in [-0.39, 0.29) is 0 Å². The molecule has 4 nitrogen and oxygen atoms in total. The minimum Gasteiger partial charge on any atom is -0.366 e. The van der Waals surface area contributed by atoms with Crippen LogP contribution >= 0.6 is 0 Å². The molecule has 0 spiro atoms. The van der Waals surface area contributed by atoms with E-state index in [4.69, 9.17) is 0 Å². The van der Waals surface area contributed by atoms with Gasteiger partial charge in [-0.25, -0.2) is 4.68 Å². The Kier molecular flexibility index (Phi) is 3.28. The minimum absolute atomic E-state index is 0.497. The van der Waals surface area contributed by atoms with Crippen molar-refractivity contribution in [2.24, 2.45) is 13.0 Å². The quantitative estimate of drug-likeness (QED) is 0.770. The zero-order valence-electron chi connectivity index (χ0n) is 8.78. The highest BCUT2D eigenvalue weighted by Crippen LogP contribution is 2.12. The first kappa shape index (κ1) is 10.0. The van der Waals surface area contributed by atoms with Crippen molar-refractivity contribution in [3.8, 4) is 0 Å². The van der Waals surface area contributed by atoms with Gasteiger partial charge in [0.25, 0.3) is 0 Å². The van der Waals surface area contributed by atoms with E-state index in [1.165, 1.54) is 0 Å². The number of nitrogens with zero attached hydrogens (tertiary/aromatic N) is 3. The summed E-state index contributed by atoms with van der Waals surface area (Å²) in [6, 6.07) is 0.497. The molecule has 0 saturated carbocycles. The van der Waals surface area contributed by atoms with Crippen molar-refractivity contribution in [1.29, 1.82) is 0 Å². The SMILES string of the molecule is CCC(Nc1cnnn1C)C(C)C. The molecule has 1 unspecified atom stereocenters. The third-order valence-corrected chi connectivity index (χ3v) is 2.29. The van der Waals surface area contributed by atoms with E-state index < -0.39 is 0 Å². The molecule has 74 valence electrons. The van der Waals surface area contributed by atoms with Gasteiger partial charge in [0.2, 0.25) is 0 Å². The van der Waals surface area contributed by atoms with Gasteiger partial charge in [-0.05, 0) is 12.3 Å². The molecule has 1 heterocycles. The van der Waals surface area contributed by atoms with E-state index in [1.54, 1.807) is 10.9 Å². The van der Waals surface area contributed by atoms with Crippen molar-refractivity contribution >= 4 is 5.82 Å². The minimum atomic E-state index is 0.497. The van der Waals surface area contributed by atoms with E-state index >= 15 is 0 Å². The monoisotopic (exact) mass is 182 g/mol. The highest BCUT2D eigenvalue weighted by atomic mass is 15.4. The second-order valence-corrected chi connectivity index (χ2v) is 3.65. The molecule has 0 saturated heterocycles. The normalized spacial score (nSPS) is 13.3. The van der Waals surface area contributed by atoms with Crippen LogP contribution in [0.1, 0.15) is 27.2 Å². The first-order valence-electron chi connectivity index (χ1n) is 4.76. The van der Waals surface area contributed by atoms with Crippen LogP contribution in [0.2, 0.25) is 0 Å². The first-order valence-corrected chi connectivity index (χ1v) is 4.76. The zero-order valence-corrected chi connectivity index (χ0v) is 8.78. The summed E-state index contributed by atoms with van der Waals surface area (Å²) >= 11 is 0. The zero-order chi connectivity index (χ0) is 9.84. The third kappa shape index (κ3) is 2.44. The number of anilines is 1. The Labute approximate surface area is 79.3 Å². The molecular weight excluding hydrogens is 164 g/mol. The summed E-state index contributed by atoms with van der Waals surface area (Å²) in [7, 11) is 1.89. The van der Waals surface area contributed by atoms with Gasteiger partial charge in [0.15, 0.2) is 0 Å². The van der Waals surface area contributed by atoms with Crippen molar-refractivity contribution in [2.45, 2.75) is 33.2 Å². The van der Waals surface area contributed by atoms with Crippen molar-refractivity contribution < 1.29 is 0 Å². The van der Waals surface area contributed by atoms with Gasteiger partial charge in [-0.2, -0.15) is 0 Å². The van der Waals surface area contributed by atoms with Crippen molar-refractivity contribution in [1.82, 2.24) is 15.0 Å². The van der Waals surface area contributed by atoms with Crippen LogP contribution in [0.3, 0.4) is 0 Å². The second kappa shape index (κ2) is 4.25. The van der Waals surface area contributed by atoms with Crippen LogP contribution in [0.15, 0.2) is 6.20 Å². The molecule has 0 bridgehead atoms. The fourth-order valence-corrected chi connectivity index (χ4v) is 1.35. The summed E-state index contributed by atoms with van der Waals surface area (Å²) in [5.41, 5.74) is 0. The van der Waals surface area contributed by atoms with Gasteiger partial charge < -0.3 is 5.32 Å². The number of hydrogen-bond acceptors (Lipinski definition) is 3. The lowest BCUT2D eigenvalue weighted by molar-refractivity contribution is 0.506. The van der Waals surface area contributed by atoms with Gasteiger partial charge in [-0.15, -0.1) is 5.10 Å². The lowest BCUT2D eigenvalue weighted by Crippen LogP contribution is -2.25. The van der Waals surface area contributed by atoms with E-state index in [0.29, 0.717) is 12.0 Å². The maximum atomic E-state index is 3.87. The molecule has 1 atom stereocenters. The number of aryl methyl sites for hydroxylation is 1. The van der Waals surface area contributed by atoms with Gasteiger partial charge in [-0.3, -0.25) is 0 Å². The molecular formula is C9H18N4. The van der Waals surface area contributed by atoms with Crippen molar-refractivity contribution in [3.63, 3.8) is 0 Å². The Morgan fingerprint density at radius 3 is 2.62 bits per heavy atom. The molecule has 13 heavy (non-hydrogen) atoms. The average Bonchev–Trinajstić information content (AvgIpc) is 2.46. The van der Waals surface area contributed by atoms with Gasteiger partial charge in [0, 0.05) is 13.1 Å². The molecule has 4 heteroatoms. The average molecular weight is 182 g/mol. The maximum absolute atomic E-state index is 3.87. The molecule has 1 aromatic heterocycles. The van der Waals surface area contributed by atoms with Crippen LogP contribution < -0.4 is 5.32 Å². The molecule has 1 N–H and O–H groups in total.